The van der Waals surface area contributed by atoms with Crippen molar-refractivity contribution in [3.05, 3.63) is 182 Å². The fraction of sp³-hybridized carbons (Fsp3) is 0. The summed E-state index contributed by atoms with van der Waals surface area (Å²) in [5.74, 6) is 1.84. The number of aromatic nitrogens is 4. The van der Waals surface area contributed by atoms with Gasteiger partial charge >= 0.3 is 0 Å². The van der Waals surface area contributed by atoms with E-state index in [0.29, 0.717) is 17.6 Å². The average Bonchev–Trinajstić information content (AvgIpc) is 3.83. The summed E-state index contributed by atoms with van der Waals surface area (Å²) in [4.78, 5) is 16.0. The molecule has 0 amide bonds. The molecule has 0 saturated carbocycles. The minimum absolute atomic E-state index is 0.581. The molecule has 12 aromatic rings. The molecular weight excluding hydrogens is 701 g/mol. The van der Waals surface area contributed by atoms with Gasteiger partial charge in [-0.25, -0.2) is 4.98 Å². The lowest BCUT2D eigenvalue weighted by molar-refractivity contribution is 0.956. The van der Waals surface area contributed by atoms with Crippen molar-refractivity contribution in [3.63, 3.8) is 0 Å². The molecule has 0 N–H and O–H groups in total. The standard InChI is InChI=1S/C51H30N4S/c1-2-14-32(15-3-1)49-52-50(35-26-25-31-13-4-5-16-33(31)29-35)54-51(53-49)55-47-36(34-27-28-40-39-19-10-11-24-44(39)56-45(40)30-34)22-12-23-43(47)46-41-20-8-6-17-37(41)38-18-7-9-21-42(38)48(46)55/h1-30H. The Morgan fingerprint density at radius 1 is 0.357 bits per heavy atom. The molecule has 4 nitrogen and oxygen atoms in total. The van der Waals surface area contributed by atoms with Crippen molar-refractivity contribution in [2.24, 2.45) is 0 Å². The predicted molar refractivity (Wildman–Crippen MR) is 236 cm³/mol. The van der Waals surface area contributed by atoms with Crippen LogP contribution in [0.25, 0.3) is 114 Å². The Bertz CT molecular complexity index is 3540. The maximum absolute atomic E-state index is 5.42. The molecule has 0 radical (unpaired) electrons. The summed E-state index contributed by atoms with van der Waals surface area (Å²) in [7, 11) is 0. The van der Waals surface area contributed by atoms with Gasteiger partial charge in [0.05, 0.1) is 11.0 Å². The van der Waals surface area contributed by atoms with Gasteiger partial charge in [-0.2, -0.15) is 9.97 Å². The van der Waals surface area contributed by atoms with Crippen molar-refractivity contribution in [1.29, 1.82) is 0 Å². The molecule has 3 heterocycles. The van der Waals surface area contributed by atoms with Crippen LogP contribution in [0.4, 0.5) is 0 Å². The summed E-state index contributed by atoms with van der Waals surface area (Å²) in [6.07, 6.45) is 0. The molecular formula is C51H30N4S. The summed E-state index contributed by atoms with van der Waals surface area (Å²) in [5.41, 5.74) is 6.30. The van der Waals surface area contributed by atoms with Crippen LogP contribution in [0.2, 0.25) is 0 Å². The highest BCUT2D eigenvalue weighted by Crippen LogP contribution is 2.46. The van der Waals surface area contributed by atoms with Crippen LogP contribution in [0.1, 0.15) is 0 Å². The summed E-state index contributed by atoms with van der Waals surface area (Å²) < 4.78 is 4.89. The van der Waals surface area contributed by atoms with Crippen LogP contribution in [0.3, 0.4) is 0 Å². The van der Waals surface area contributed by atoms with Gasteiger partial charge in [-0.05, 0) is 50.7 Å². The number of rotatable bonds is 4. The molecule has 0 aliphatic heterocycles. The van der Waals surface area contributed by atoms with E-state index < -0.39 is 0 Å². The van der Waals surface area contributed by atoms with Gasteiger partial charge in [0.1, 0.15) is 0 Å². The van der Waals surface area contributed by atoms with Crippen molar-refractivity contribution < 1.29 is 0 Å². The highest BCUT2D eigenvalue weighted by molar-refractivity contribution is 7.25. The lowest BCUT2D eigenvalue weighted by atomic mass is 9.96. The Labute approximate surface area is 325 Å². The quantitative estimate of drug-likeness (QED) is 0.169. The Morgan fingerprint density at radius 2 is 0.982 bits per heavy atom. The highest BCUT2D eigenvalue weighted by Gasteiger charge is 2.24. The van der Waals surface area contributed by atoms with Crippen molar-refractivity contribution in [2.45, 2.75) is 0 Å². The smallest absolute Gasteiger partial charge is 0.238 e. The Morgan fingerprint density at radius 3 is 1.82 bits per heavy atom. The first-order valence-electron chi connectivity index (χ1n) is 18.9. The van der Waals surface area contributed by atoms with Gasteiger partial charge in [-0.1, -0.05) is 164 Å². The maximum atomic E-state index is 5.42. The van der Waals surface area contributed by atoms with Crippen LogP contribution in [-0.2, 0) is 0 Å². The molecule has 3 aromatic heterocycles. The van der Waals surface area contributed by atoms with E-state index in [4.69, 9.17) is 15.0 Å². The van der Waals surface area contributed by atoms with Crippen LogP contribution < -0.4 is 0 Å². The molecule has 9 aromatic carbocycles. The minimum atomic E-state index is 0.581. The van der Waals surface area contributed by atoms with Crippen molar-refractivity contribution in [1.82, 2.24) is 19.5 Å². The van der Waals surface area contributed by atoms with Crippen molar-refractivity contribution in [3.8, 4) is 39.9 Å². The summed E-state index contributed by atoms with van der Waals surface area (Å²) in [6, 6.07) is 65.0. The second-order valence-electron chi connectivity index (χ2n) is 14.4. The van der Waals surface area contributed by atoms with Gasteiger partial charge in [0.2, 0.25) is 5.95 Å². The number of para-hydroxylation sites is 1. The zero-order chi connectivity index (χ0) is 36.7. The highest BCUT2D eigenvalue weighted by atomic mass is 32.1. The number of benzene rings is 9. The molecule has 260 valence electrons. The number of fused-ring (bicyclic) bond motifs is 12. The van der Waals surface area contributed by atoms with E-state index in [9.17, 15) is 0 Å². The molecule has 0 aliphatic carbocycles. The second-order valence-corrected chi connectivity index (χ2v) is 15.5. The van der Waals surface area contributed by atoms with Crippen LogP contribution >= 0.6 is 11.3 Å². The second kappa shape index (κ2) is 12.2. The molecule has 56 heavy (non-hydrogen) atoms. The van der Waals surface area contributed by atoms with Crippen LogP contribution in [-0.4, -0.2) is 19.5 Å². The van der Waals surface area contributed by atoms with Gasteiger partial charge < -0.3 is 0 Å². The molecule has 5 heteroatoms. The van der Waals surface area contributed by atoms with Crippen LogP contribution in [0.5, 0.6) is 0 Å². The lowest BCUT2D eigenvalue weighted by Crippen LogP contribution is -2.07. The number of hydrogen-bond acceptors (Lipinski definition) is 4. The van der Waals surface area contributed by atoms with Crippen molar-refractivity contribution >= 4 is 85.6 Å². The molecule has 0 spiro atoms. The molecule has 0 saturated heterocycles. The number of hydrogen-bond donors (Lipinski definition) is 0. The first-order chi connectivity index (χ1) is 27.8. The van der Waals surface area contributed by atoms with Gasteiger partial charge in [-0.3, -0.25) is 4.57 Å². The zero-order valence-electron chi connectivity index (χ0n) is 30.0. The average molecular weight is 731 g/mol. The Balaban J connectivity index is 1.24. The van der Waals surface area contributed by atoms with E-state index in [1.807, 2.05) is 29.5 Å². The van der Waals surface area contributed by atoms with E-state index in [2.05, 4.69) is 168 Å². The summed E-state index contributed by atoms with van der Waals surface area (Å²) in [6.45, 7) is 0. The van der Waals surface area contributed by atoms with Crippen molar-refractivity contribution in [2.75, 3.05) is 0 Å². The topological polar surface area (TPSA) is 43.6 Å². The molecule has 0 atom stereocenters. The van der Waals surface area contributed by atoms with Gasteiger partial charge in [-0.15, -0.1) is 11.3 Å². The summed E-state index contributed by atoms with van der Waals surface area (Å²) >= 11 is 1.85. The van der Waals surface area contributed by atoms with Crippen LogP contribution in [0, 0.1) is 0 Å². The maximum Gasteiger partial charge on any atom is 0.238 e. The zero-order valence-corrected chi connectivity index (χ0v) is 30.8. The van der Waals surface area contributed by atoms with E-state index in [1.54, 1.807) is 0 Å². The van der Waals surface area contributed by atoms with Crippen LogP contribution in [0.15, 0.2) is 182 Å². The van der Waals surface area contributed by atoms with Gasteiger partial charge in [0.25, 0.3) is 0 Å². The third-order valence-electron chi connectivity index (χ3n) is 11.2. The number of thiophene rings is 1. The molecule has 0 aliphatic rings. The first kappa shape index (κ1) is 31.2. The van der Waals surface area contributed by atoms with E-state index >= 15 is 0 Å². The fourth-order valence-electron chi connectivity index (χ4n) is 8.69. The Hall–Kier alpha value is -7.21. The third-order valence-corrected chi connectivity index (χ3v) is 12.3. The van der Waals surface area contributed by atoms with Gasteiger partial charge in [0.15, 0.2) is 11.6 Å². The molecule has 0 fully saturated rings. The largest absolute Gasteiger partial charge is 0.277 e. The van der Waals surface area contributed by atoms with E-state index in [1.165, 1.54) is 47.1 Å². The molecule has 0 bridgehead atoms. The monoisotopic (exact) mass is 730 g/mol. The first-order valence-corrected chi connectivity index (χ1v) is 19.7. The summed E-state index contributed by atoms with van der Waals surface area (Å²) in [5, 5.41) is 12.0. The Kier molecular flexibility index (Phi) is 6.76. The third kappa shape index (κ3) is 4.68. The van der Waals surface area contributed by atoms with E-state index in [-0.39, 0.29) is 0 Å². The normalized spacial score (nSPS) is 11.9. The number of nitrogens with zero attached hydrogens (tertiary/aromatic N) is 4. The SMILES string of the molecule is c1ccc(-c2nc(-c3ccc4ccccc4c3)nc(-n3c4c(-c5ccc6c(c5)sc5ccccc56)cccc4c4c5ccccc5c5ccccc5c43)n2)cc1. The minimum Gasteiger partial charge on any atom is -0.277 e. The molecule has 0 unspecified atom stereocenters. The van der Waals surface area contributed by atoms with Gasteiger partial charge in [0, 0.05) is 53.0 Å². The predicted octanol–water partition coefficient (Wildman–Crippen LogP) is 13.8. The lowest BCUT2D eigenvalue weighted by Gasteiger charge is -2.14. The fourth-order valence-corrected chi connectivity index (χ4v) is 9.84. The molecule has 12 rings (SSSR count). The van der Waals surface area contributed by atoms with E-state index in [0.717, 1.165) is 49.4 Å².